The first kappa shape index (κ1) is 11.8. The minimum Gasteiger partial charge on any atom is -0.386 e. The molecule has 0 fully saturated rings. The fourth-order valence-corrected chi connectivity index (χ4v) is 3.64. The molecule has 1 aromatic rings. The lowest BCUT2D eigenvalue weighted by molar-refractivity contribution is 0.0443. The molecule has 0 saturated carbocycles. The molecule has 7 heteroatoms. The molecule has 0 amide bonds. The van der Waals surface area contributed by atoms with Crippen LogP contribution < -0.4 is 0 Å². The Morgan fingerprint density at radius 2 is 1.00 bits per heavy atom. The quantitative estimate of drug-likeness (QED) is 0.249. The molecule has 0 saturated heterocycles. The highest BCUT2D eigenvalue weighted by Crippen LogP contribution is 2.44. The number of cyclic esters (lactones) is 2. The number of halogens is 4. The summed E-state index contributed by atoms with van der Waals surface area (Å²) < 4.78 is 6.84. The molecule has 1 aliphatic heterocycles. The van der Waals surface area contributed by atoms with Crippen LogP contribution in [-0.2, 0) is 4.74 Å². The fraction of sp³-hybridized carbons (Fsp3) is 0. The summed E-state index contributed by atoms with van der Waals surface area (Å²) in [6, 6.07) is 0. The molecule has 0 atom stereocenters. The molecular weight excluding hydrogens is 470 g/mol. The van der Waals surface area contributed by atoms with Crippen LogP contribution >= 0.6 is 63.7 Å². The number of benzene rings is 1. The maximum Gasteiger partial charge on any atom is 0.348 e. The third kappa shape index (κ3) is 1.64. The maximum atomic E-state index is 11.4. The lowest BCUT2D eigenvalue weighted by Crippen LogP contribution is -1.97. The van der Waals surface area contributed by atoms with E-state index < -0.39 is 11.9 Å². The molecule has 1 aliphatic rings. The van der Waals surface area contributed by atoms with E-state index in [-0.39, 0.29) is 11.1 Å². The van der Waals surface area contributed by atoms with Gasteiger partial charge in [0.1, 0.15) is 0 Å². The lowest BCUT2D eigenvalue weighted by Gasteiger charge is -2.06. The predicted molar refractivity (Wildman–Crippen MR) is 67.0 cm³/mol. The summed E-state index contributed by atoms with van der Waals surface area (Å²) in [6.45, 7) is 0. The van der Waals surface area contributed by atoms with Gasteiger partial charge in [0.05, 0.1) is 11.1 Å². The number of carbonyl (C=O) groups excluding carboxylic acids is 2. The van der Waals surface area contributed by atoms with E-state index in [9.17, 15) is 9.59 Å². The Hall–Kier alpha value is 0.280. The van der Waals surface area contributed by atoms with E-state index in [0.29, 0.717) is 17.9 Å². The largest absolute Gasteiger partial charge is 0.386 e. The van der Waals surface area contributed by atoms with Crippen molar-refractivity contribution in [2.45, 2.75) is 0 Å². The van der Waals surface area contributed by atoms with Crippen molar-refractivity contribution in [3.8, 4) is 0 Å². The second-order valence-corrected chi connectivity index (χ2v) is 5.85. The van der Waals surface area contributed by atoms with Crippen LogP contribution in [0.25, 0.3) is 0 Å². The number of hydrogen-bond acceptors (Lipinski definition) is 3. The number of ether oxygens (including phenoxy) is 1. The summed E-state index contributed by atoms with van der Waals surface area (Å²) in [5, 5.41) is 0. The molecule has 1 aromatic carbocycles. The smallest absolute Gasteiger partial charge is 0.348 e. The van der Waals surface area contributed by atoms with Crippen molar-refractivity contribution in [2.75, 3.05) is 0 Å². The van der Waals surface area contributed by atoms with Crippen molar-refractivity contribution in [2.24, 2.45) is 0 Å². The molecule has 15 heavy (non-hydrogen) atoms. The van der Waals surface area contributed by atoms with Crippen LogP contribution in [0.4, 0.5) is 0 Å². The van der Waals surface area contributed by atoms with Crippen LogP contribution in [0.3, 0.4) is 0 Å². The summed E-state index contributed by atoms with van der Waals surface area (Å²) in [7, 11) is 0. The number of rotatable bonds is 0. The van der Waals surface area contributed by atoms with Crippen molar-refractivity contribution in [3.63, 3.8) is 0 Å². The first-order chi connectivity index (χ1) is 6.95. The monoisotopic (exact) mass is 466 g/mol. The fourth-order valence-electron chi connectivity index (χ4n) is 1.20. The van der Waals surface area contributed by atoms with Crippen LogP contribution in [0.2, 0.25) is 0 Å². The van der Waals surface area contributed by atoms with Crippen molar-refractivity contribution >= 4 is 75.7 Å². The van der Waals surface area contributed by atoms with Crippen molar-refractivity contribution in [1.82, 2.24) is 0 Å². The van der Waals surface area contributed by atoms with Gasteiger partial charge < -0.3 is 4.74 Å². The Morgan fingerprint density at radius 3 is 1.33 bits per heavy atom. The Kier molecular flexibility index (Phi) is 3.09. The van der Waals surface area contributed by atoms with Crippen molar-refractivity contribution < 1.29 is 14.3 Å². The van der Waals surface area contributed by atoms with Crippen LogP contribution in [0.1, 0.15) is 20.7 Å². The Morgan fingerprint density at radius 1 is 0.667 bits per heavy atom. The summed E-state index contributed by atoms with van der Waals surface area (Å²) in [4.78, 5) is 22.8. The minimum atomic E-state index is -0.643. The number of carbonyl (C=O) groups is 2. The molecule has 0 aromatic heterocycles. The van der Waals surface area contributed by atoms with Gasteiger partial charge in [0.2, 0.25) is 0 Å². The van der Waals surface area contributed by atoms with Gasteiger partial charge in [-0.1, -0.05) is 0 Å². The van der Waals surface area contributed by atoms with E-state index in [4.69, 9.17) is 0 Å². The van der Waals surface area contributed by atoms with Gasteiger partial charge in [-0.3, -0.25) is 0 Å². The molecule has 0 bridgehead atoms. The first-order valence-electron chi connectivity index (χ1n) is 3.57. The van der Waals surface area contributed by atoms with Gasteiger partial charge in [-0.15, -0.1) is 0 Å². The number of esters is 2. The van der Waals surface area contributed by atoms with Gasteiger partial charge in [0.25, 0.3) is 0 Å². The van der Waals surface area contributed by atoms with Crippen LogP contribution in [0, 0.1) is 0 Å². The molecule has 1 heterocycles. The van der Waals surface area contributed by atoms with Gasteiger partial charge in [0.15, 0.2) is 0 Å². The zero-order valence-electron chi connectivity index (χ0n) is 6.74. The molecule has 0 spiro atoms. The summed E-state index contributed by atoms with van der Waals surface area (Å²) in [5.74, 6) is -1.29. The van der Waals surface area contributed by atoms with Crippen molar-refractivity contribution in [3.05, 3.63) is 29.0 Å². The third-order valence-electron chi connectivity index (χ3n) is 1.86. The standard InChI is InChI=1S/C8Br4O3/c9-3-1-2(8(14)15-7(1)13)4(10)6(12)5(3)11/i1+1,2+1,3+1,4+1,5+1,6+1. The SMILES string of the molecule is O=C1OC(=O)[13c]2[13c](Br)[13c](Br)[13c](Br)[13c](Br)[13c]21. The minimum absolute atomic E-state index is 0.238. The molecule has 2 rings (SSSR count). The van der Waals surface area contributed by atoms with Crippen LogP contribution in [0.5, 0.6) is 0 Å². The van der Waals surface area contributed by atoms with E-state index >= 15 is 0 Å². The Bertz CT molecular complexity index is 464. The van der Waals surface area contributed by atoms with Crippen LogP contribution in [0.15, 0.2) is 17.9 Å². The zero-order chi connectivity index (χ0) is 11.3. The Balaban J connectivity index is 2.92. The van der Waals surface area contributed by atoms with E-state index in [1.165, 1.54) is 0 Å². The van der Waals surface area contributed by atoms with E-state index in [1.807, 2.05) is 0 Å². The lowest BCUT2D eigenvalue weighted by atomic mass is 10.8. The molecule has 3 nitrogen and oxygen atoms in total. The predicted octanol–water partition coefficient (Wildman–Crippen LogP) is 4.05. The topological polar surface area (TPSA) is 43.4 Å². The Labute approximate surface area is 118 Å². The van der Waals surface area contributed by atoms with Crippen molar-refractivity contribution in [1.29, 1.82) is 0 Å². The summed E-state index contributed by atoms with van der Waals surface area (Å²) in [5.41, 5.74) is 0.476. The highest BCUT2D eigenvalue weighted by molar-refractivity contribution is 9.15. The van der Waals surface area contributed by atoms with Gasteiger partial charge in [0, 0.05) is 17.9 Å². The van der Waals surface area contributed by atoms with E-state index in [2.05, 4.69) is 68.5 Å². The molecular formula is C8Br4O3. The van der Waals surface area contributed by atoms with E-state index in [0.717, 1.165) is 0 Å². The van der Waals surface area contributed by atoms with Gasteiger partial charge in [-0.05, 0) is 63.7 Å². The maximum absolute atomic E-state index is 11.4. The normalized spacial score (nSPS) is 14.1. The second kappa shape index (κ2) is 3.94. The highest BCUT2D eigenvalue weighted by Gasteiger charge is 2.36. The molecule has 0 radical (unpaired) electrons. The molecule has 78 valence electrons. The zero-order valence-corrected chi connectivity index (χ0v) is 13.1. The average molecular weight is 470 g/mol. The molecule has 0 aliphatic carbocycles. The first-order valence-corrected chi connectivity index (χ1v) is 6.74. The van der Waals surface area contributed by atoms with E-state index in [1.54, 1.807) is 0 Å². The summed E-state index contributed by atoms with van der Waals surface area (Å²) in [6.07, 6.45) is 0. The van der Waals surface area contributed by atoms with Gasteiger partial charge in [-0.2, -0.15) is 0 Å². The average Bonchev–Trinajstić information content (AvgIpc) is 2.47. The van der Waals surface area contributed by atoms with Gasteiger partial charge in [-0.25, -0.2) is 9.59 Å². The highest BCUT2D eigenvalue weighted by atomic mass is 79.9. The molecule has 0 N–H and O–H groups in total. The molecule has 0 unspecified atom stereocenters. The summed E-state index contributed by atoms with van der Waals surface area (Å²) >= 11 is 13.0. The number of fused-ring (bicyclic) bond motifs is 1. The van der Waals surface area contributed by atoms with Crippen LogP contribution in [-0.4, -0.2) is 11.9 Å². The van der Waals surface area contributed by atoms with Gasteiger partial charge >= 0.3 is 11.9 Å². The number of hydrogen-bond donors (Lipinski definition) is 0. The third-order valence-corrected chi connectivity index (χ3v) is 6.63. The second-order valence-electron chi connectivity index (χ2n) is 2.68.